The van der Waals surface area contributed by atoms with Gasteiger partial charge in [0.2, 0.25) is 0 Å². The van der Waals surface area contributed by atoms with Crippen molar-refractivity contribution >= 4 is 27.5 Å². The van der Waals surface area contributed by atoms with Gasteiger partial charge in [0.15, 0.2) is 6.61 Å². The number of thiophene rings is 1. The molecule has 1 N–H and O–H groups in total. The van der Waals surface area contributed by atoms with E-state index in [4.69, 9.17) is 14.2 Å². The fourth-order valence-electron chi connectivity index (χ4n) is 1.99. The van der Waals surface area contributed by atoms with Crippen molar-refractivity contribution in [2.24, 2.45) is 0 Å². The second-order valence-electron chi connectivity index (χ2n) is 4.77. The van der Waals surface area contributed by atoms with Gasteiger partial charge in [-0.25, -0.2) is 9.78 Å². The summed E-state index contributed by atoms with van der Waals surface area (Å²) >= 11 is 1.31. The van der Waals surface area contributed by atoms with Gasteiger partial charge < -0.3 is 19.2 Å². The van der Waals surface area contributed by atoms with Crippen molar-refractivity contribution < 1.29 is 19.0 Å². The standard InChI is InChI=1S/C16H14N2O5S/c1-21-10-2-4-11(5-3-10)22-9-14(19)23-8-13-17-12-6-7-24-15(12)16(20)18-13/h2-7H,8-9H2,1H3,(H,17,18,20). The minimum atomic E-state index is -0.557. The number of ether oxygens (including phenoxy) is 3. The maximum absolute atomic E-state index is 11.8. The van der Waals surface area contributed by atoms with E-state index >= 15 is 0 Å². The first-order valence-corrected chi connectivity index (χ1v) is 7.92. The van der Waals surface area contributed by atoms with Gasteiger partial charge in [0.25, 0.3) is 5.56 Å². The predicted octanol–water partition coefficient (Wildman–Crippen LogP) is 2.12. The molecule has 0 aliphatic heterocycles. The van der Waals surface area contributed by atoms with Crippen molar-refractivity contribution in [3.05, 3.63) is 51.9 Å². The number of H-pyrrole nitrogens is 1. The average Bonchev–Trinajstić information content (AvgIpc) is 3.08. The van der Waals surface area contributed by atoms with Gasteiger partial charge in [-0.15, -0.1) is 11.3 Å². The highest BCUT2D eigenvalue weighted by molar-refractivity contribution is 7.17. The molecular weight excluding hydrogens is 332 g/mol. The Labute approximate surface area is 140 Å². The lowest BCUT2D eigenvalue weighted by atomic mass is 10.3. The summed E-state index contributed by atoms with van der Waals surface area (Å²) < 4.78 is 16.0. The van der Waals surface area contributed by atoms with E-state index in [0.29, 0.717) is 27.5 Å². The molecule has 8 heteroatoms. The summed E-state index contributed by atoms with van der Waals surface area (Å²) in [4.78, 5) is 30.3. The number of rotatable bonds is 6. The van der Waals surface area contributed by atoms with Gasteiger partial charge in [-0.05, 0) is 35.7 Å². The number of carbonyl (C=O) groups excluding carboxylic acids is 1. The number of hydrogen-bond acceptors (Lipinski definition) is 7. The molecule has 0 atom stereocenters. The van der Waals surface area contributed by atoms with Crippen LogP contribution in [-0.2, 0) is 16.1 Å². The van der Waals surface area contributed by atoms with Crippen LogP contribution in [0.25, 0.3) is 10.2 Å². The van der Waals surface area contributed by atoms with Gasteiger partial charge in [-0.1, -0.05) is 0 Å². The molecule has 3 aromatic rings. The van der Waals surface area contributed by atoms with Crippen molar-refractivity contribution in [1.29, 1.82) is 0 Å². The van der Waals surface area contributed by atoms with E-state index in [9.17, 15) is 9.59 Å². The molecule has 0 aliphatic carbocycles. The van der Waals surface area contributed by atoms with Crippen LogP contribution in [0.3, 0.4) is 0 Å². The van der Waals surface area contributed by atoms with Gasteiger partial charge in [-0.3, -0.25) is 4.79 Å². The molecule has 0 amide bonds. The lowest BCUT2D eigenvalue weighted by molar-refractivity contribution is -0.147. The Balaban J connectivity index is 1.53. The largest absolute Gasteiger partial charge is 0.497 e. The smallest absolute Gasteiger partial charge is 0.344 e. The molecule has 1 aromatic carbocycles. The second-order valence-corrected chi connectivity index (χ2v) is 5.69. The minimum Gasteiger partial charge on any atom is -0.497 e. The van der Waals surface area contributed by atoms with Crippen LogP contribution in [-0.4, -0.2) is 29.7 Å². The van der Waals surface area contributed by atoms with Crippen LogP contribution in [0.5, 0.6) is 11.5 Å². The Kier molecular flexibility index (Phi) is 4.76. The normalized spacial score (nSPS) is 10.5. The first-order chi connectivity index (χ1) is 11.7. The molecule has 24 heavy (non-hydrogen) atoms. The topological polar surface area (TPSA) is 90.5 Å². The van der Waals surface area contributed by atoms with E-state index in [1.54, 1.807) is 42.8 Å². The van der Waals surface area contributed by atoms with Gasteiger partial charge in [0, 0.05) is 0 Å². The molecule has 124 valence electrons. The van der Waals surface area contributed by atoms with E-state index in [0.717, 1.165) is 0 Å². The van der Waals surface area contributed by atoms with Crippen LogP contribution in [0.4, 0.5) is 0 Å². The molecule has 0 spiro atoms. The first-order valence-electron chi connectivity index (χ1n) is 7.04. The summed E-state index contributed by atoms with van der Waals surface area (Å²) in [5.41, 5.74) is 0.347. The number of fused-ring (bicyclic) bond motifs is 1. The zero-order chi connectivity index (χ0) is 16.9. The summed E-state index contributed by atoms with van der Waals surface area (Å²) in [6, 6.07) is 8.58. The minimum absolute atomic E-state index is 0.119. The zero-order valence-electron chi connectivity index (χ0n) is 12.8. The summed E-state index contributed by atoms with van der Waals surface area (Å²) in [5.74, 6) is 0.963. The molecule has 7 nitrogen and oxygen atoms in total. The average molecular weight is 346 g/mol. The molecule has 0 radical (unpaired) electrons. The molecule has 0 fully saturated rings. The van der Waals surface area contributed by atoms with E-state index in [1.165, 1.54) is 11.3 Å². The van der Waals surface area contributed by atoms with E-state index in [2.05, 4.69) is 9.97 Å². The van der Waals surface area contributed by atoms with Crippen LogP contribution >= 0.6 is 11.3 Å². The van der Waals surface area contributed by atoms with Crippen molar-refractivity contribution in [3.8, 4) is 11.5 Å². The van der Waals surface area contributed by atoms with Gasteiger partial charge in [0.1, 0.15) is 28.6 Å². The summed E-state index contributed by atoms with van der Waals surface area (Å²) in [5, 5.41) is 1.78. The fourth-order valence-corrected chi connectivity index (χ4v) is 2.72. The van der Waals surface area contributed by atoms with Crippen LogP contribution < -0.4 is 15.0 Å². The fraction of sp³-hybridized carbons (Fsp3) is 0.188. The quantitative estimate of drug-likeness (QED) is 0.688. The second kappa shape index (κ2) is 7.14. The number of methoxy groups -OCH3 is 1. The highest BCUT2D eigenvalue weighted by Gasteiger charge is 2.09. The number of nitrogens with one attached hydrogen (secondary N) is 1. The van der Waals surface area contributed by atoms with E-state index in [-0.39, 0.29) is 18.8 Å². The Bertz CT molecular complexity index is 901. The molecule has 3 rings (SSSR count). The van der Waals surface area contributed by atoms with Crippen molar-refractivity contribution in [1.82, 2.24) is 9.97 Å². The molecule has 0 bridgehead atoms. The number of carbonyl (C=O) groups is 1. The van der Waals surface area contributed by atoms with Crippen LogP contribution in [0.15, 0.2) is 40.5 Å². The zero-order valence-corrected chi connectivity index (χ0v) is 13.6. The van der Waals surface area contributed by atoms with Crippen molar-refractivity contribution in [2.45, 2.75) is 6.61 Å². The van der Waals surface area contributed by atoms with Crippen molar-refractivity contribution in [2.75, 3.05) is 13.7 Å². The molecule has 2 heterocycles. The molecule has 0 aliphatic rings. The number of benzene rings is 1. The maximum atomic E-state index is 11.8. The molecule has 0 saturated carbocycles. The number of nitrogens with zero attached hydrogens (tertiary/aromatic N) is 1. The third kappa shape index (κ3) is 3.72. The highest BCUT2D eigenvalue weighted by Crippen LogP contribution is 2.17. The number of aromatic nitrogens is 2. The lowest BCUT2D eigenvalue weighted by Gasteiger charge is -2.07. The third-order valence-corrected chi connectivity index (χ3v) is 4.05. The summed E-state index contributed by atoms with van der Waals surface area (Å²) in [6.45, 7) is -0.358. The Morgan fingerprint density at radius 3 is 2.71 bits per heavy atom. The summed E-state index contributed by atoms with van der Waals surface area (Å²) in [6.07, 6.45) is 0. The molecule has 0 saturated heterocycles. The molecule has 0 unspecified atom stereocenters. The lowest BCUT2D eigenvalue weighted by Crippen LogP contribution is -2.17. The third-order valence-electron chi connectivity index (χ3n) is 3.15. The Morgan fingerprint density at radius 2 is 1.96 bits per heavy atom. The number of esters is 1. The Morgan fingerprint density at radius 1 is 1.21 bits per heavy atom. The SMILES string of the molecule is COc1ccc(OCC(=O)OCc2nc3ccsc3c(=O)[nH]2)cc1. The maximum Gasteiger partial charge on any atom is 0.344 e. The molecule has 2 aromatic heterocycles. The van der Waals surface area contributed by atoms with Crippen LogP contribution in [0, 0.1) is 0 Å². The highest BCUT2D eigenvalue weighted by atomic mass is 32.1. The van der Waals surface area contributed by atoms with Gasteiger partial charge in [0.05, 0.1) is 12.6 Å². The van der Waals surface area contributed by atoms with Gasteiger partial charge >= 0.3 is 5.97 Å². The van der Waals surface area contributed by atoms with Crippen LogP contribution in [0.1, 0.15) is 5.82 Å². The van der Waals surface area contributed by atoms with E-state index in [1.807, 2.05) is 0 Å². The van der Waals surface area contributed by atoms with Crippen LogP contribution in [0.2, 0.25) is 0 Å². The predicted molar refractivity (Wildman–Crippen MR) is 88.5 cm³/mol. The molecular formula is C16H14N2O5S. The number of hydrogen-bond donors (Lipinski definition) is 1. The first kappa shape index (κ1) is 16.0. The van der Waals surface area contributed by atoms with Gasteiger partial charge in [-0.2, -0.15) is 0 Å². The van der Waals surface area contributed by atoms with E-state index < -0.39 is 5.97 Å². The summed E-state index contributed by atoms with van der Waals surface area (Å²) in [7, 11) is 1.57. The number of aromatic amines is 1. The Hall–Kier alpha value is -2.87. The monoisotopic (exact) mass is 346 g/mol. The van der Waals surface area contributed by atoms with Crippen molar-refractivity contribution in [3.63, 3.8) is 0 Å².